The molecule has 0 spiro atoms. The average Bonchev–Trinajstić information content (AvgIpc) is 3.08. The second kappa shape index (κ2) is 5.56. The van der Waals surface area contributed by atoms with E-state index in [1.54, 1.807) is 0 Å². The number of carbonyl (C=O) groups is 1. The van der Waals surface area contributed by atoms with Crippen LogP contribution < -0.4 is 0 Å². The van der Waals surface area contributed by atoms with Crippen LogP contribution in [0, 0.1) is 13.8 Å². The van der Waals surface area contributed by atoms with E-state index in [0.717, 1.165) is 51.1 Å². The lowest BCUT2D eigenvalue weighted by Crippen LogP contribution is -2.45. The number of hydrogen-bond donors (Lipinski definition) is 0. The summed E-state index contributed by atoms with van der Waals surface area (Å²) >= 11 is 0. The number of amides is 1. The summed E-state index contributed by atoms with van der Waals surface area (Å²) in [5, 5.41) is 4.57. The molecule has 5 nitrogen and oxygen atoms in total. The highest BCUT2D eigenvalue weighted by molar-refractivity contribution is 5.81. The second-order valence-electron chi connectivity index (χ2n) is 5.95. The van der Waals surface area contributed by atoms with Gasteiger partial charge in [0.1, 0.15) is 6.10 Å². The first-order chi connectivity index (χ1) is 9.65. The summed E-state index contributed by atoms with van der Waals surface area (Å²) in [6, 6.07) is 2.41. The van der Waals surface area contributed by atoms with Crippen molar-refractivity contribution in [3.05, 3.63) is 17.5 Å². The van der Waals surface area contributed by atoms with E-state index in [1.165, 1.54) is 5.69 Å². The van der Waals surface area contributed by atoms with Gasteiger partial charge in [0, 0.05) is 25.4 Å². The topological polar surface area (TPSA) is 47.4 Å². The smallest absolute Gasteiger partial charge is 0.251 e. The van der Waals surface area contributed by atoms with Gasteiger partial charge in [0.15, 0.2) is 0 Å². The summed E-state index contributed by atoms with van der Waals surface area (Å²) in [6.45, 7) is 6.45. The first-order valence-electron chi connectivity index (χ1n) is 7.58. The van der Waals surface area contributed by atoms with E-state index in [4.69, 9.17) is 4.74 Å². The van der Waals surface area contributed by atoms with Crippen molar-refractivity contribution >= 4 is 5.91 Å². The molecule has 0 bridgehead atoms. The van der Waals surface area contributed by atoms with Gasteiger partial charge in [0.25, 0.3) is 5.91 Å². The normalized spacial score (nSPS) is 27.0. The molecule has 2 aliphatic heterocycles. The van der Waals surface area contributed by atoms with Crippen molar-refractivity contribution in [2.75, 3.05) is 19.7 Å². The van der Waals surface area contributed by atoms with E-state index in [1.807, 2.05) is 11.8 Å². The van der Waals surface area contributed by atoms with Gasteiger partial charge in [-0.2, -0.15) is 5.10 Å². The number of nitrogens with zero attached hydrogens (tertiary/aromatic N) is 3. The molecule has 0 radical (unpaired) electrons. The van der Waals surface area contributed by atoms with E-state index in [2.05, 4.69) is 22.8 Å². The Morgan fingerprint density at radius 1 is 1.35 bits per heavy atom. The van der Waals surface area contributed by atoms with Gasteiger partial charge in [-0.3, -0.25) is 9.48 Å². The van der Waals surface area contributed by atoms with E-state index in [9.17, 15) is 4.79 Å². The molecule has 0 N–H and O–H groups in total. The molecule has 0 saturated carbocycles. The van der Waals surface area contributed by atoms with Crippen molar-refractivity contribution in [2.45, 2.75) is 51.7 Å². The fraction of sp³-hybridized carbons (Fsp3) is 0.733. The Labute approximate surface area is 119 Å². The van der Waals surface area contributed by atoms with Crippen LogP contribution in [0.2, 0.25) is 0 Å². The molecule has 110 valence electrons. The number of aromatic nitrogens is 2. The fourth-order valence-corrected chi connectivity index (χ4v) is 3.35. The zero-order valence-electron chi connectivity index (χ0n) is 12.3. The van der Waals surface area contributed by atoms with Crippen LogP contribution in [-0.2, 0) is 9.53 Å². The number of ether oxygens (including phenoxy) is 1. The number of likely N-dealkylation sites (tertiary alicyclic amines) is 1. The molecule has 2 fully saturated rings. The predicted molar refractivity (Wildman–Crippen MR) is 75.5 cm³/mol. The summed E-state index contributed by atoms with van der Waals surface area (Å²) in [4.78, 5) is 14.4. The highest BCUT2D eigenvalue weighted by atomic mass is 16.5. The molecule has 0 aliphatic carbocycles. The lowest BCUT2D eigenvalue weighted by molar-refractivity contribution is -0.142. The van der Waals surface area contributed by atoms with Gasteiger partial charge in [-0.1, -0.05) is 0 Å². The minimum Gasteiger partial charge on any atom is -0.368 e. The molecular weight excluding hydrogens is 254 g/mol. The standard InChI is InChI=1S/C15H23N3O2/c1-11-9-12(2)18(16-11)13-5-3-7-17(10-13)15(19)14-6-4-8-20-14/h9,13-14H,3-8,10H2,1-2H3. The molecule has 0 aromatic carbocycles. The van der Waals surface area contributed by atoms with Crippen LogP contribution in [0.15, 0.2) is 6.07 Å². The fourth-order valence-electron chi connectivity index (χ4n) is 3.35. The summed E-state index contributed by atoms with van der Waals surface area (Å²) in [5.41, 5.74) is 2.23. The van der Waals surface area contributed by atoms with Gasteiger partial charge in [-0.25, -0.2) is 0 Å². The summed E-state index contributed by atoms with van der Waals surface area (Å²) in [7, 11) is 0. The zero-order chi connectivity index (χ0) is 14.1. The van der Waals surface area contributed by atoms with Crippen LogP contribution in [0.1, 0.15) is 43.1 Å². The molecule has 3 rings (SSSR count). The Morgan fingerprint density at radius 3 is 2.85 bits per heavy atom. The molecular formula is C15H23N3O2. The molecule has 2 saturated heterocycles. The third-order valence-electron chi connectivity index (χ3n) is 4.30. The Bertz CT molecular complexity index is 491. The Balaban J connectivity index is 1.70. The Morgan fingerprint density at radius 2 is 2.20 bits per heavy atom. The van der Waals surface area contributed by atoms with Crippen LogP contribution in [0.5, 0.6) is 0 Å². The monoisotopic (exact) mass is 277 g/mol. The number of hydrogen-bond acceptors (Lipinski definition) is 3. The van der Waals surface area contributed by atoms with Gasteiger partial charge < -0.3 is 9.64 Å². The van der Waals surface area contributed by atoms with E-state index >= 15 is 0 Å². The molecule has 5 heteroatoms. The predicted octanol–water partition coefficient (Wildman–Crippen LogP) is 1.84. The van der Waals surface area contributed by atoms with Crippen molar-refractivity contribution < 1.29 is 9.53 Å². The first kappa shape index (κ1) is 13.6. The van der Waals surface area contributed by atoms with Crippen LogP contribution >= 0.6 is 0 Å². The van der Waals surface area contributed by atoms with E-state index < -0.39 is 0 Å². The van der Waals surface area contributed by atoms with Crippen molar-refractivity contribution in [3.8, 4) is 0 Å². The maximum absolute atomic E-state index is 12.4. The van der Waals surface area contributed by atoms with Crippen molar-refractivity contribution in [1.82, 2.24) is 14.7 Å². The van der Waals surface area contributed by atoms with E-state index in [-0.39, 0.29) is 12.0 Å². The van der Waals surface area contributed by atoms with Gasteiger partial charge >= 0.3 is 0 Å². The Kier molecular flexibility index (Phi) is 3.78. The molecule has 2 aliphatic rings. The van der Waals surface area contributed by atoms with Gasteiger partial charge in [-0.15, -0.1) is 0 Å². The van der Waals surface area contributed by atoms with Gasteiger partial charge in [-0.05, 0) is 45.6 Å². The quantitative estimate of drug-likeness (QED) is 0.828. The second-order valence-corrected chi connectivity index (χ2v) is 5.95. The van der Waals surface area contributed by atoms with Gasteiger partial charge in [0.05, 0.1) is 11.7 Å². The molecule has 2 unspecified atom stereocenters. The summed E-state index contributed by atoms with van der Waals surface area (Å²) in [5.74, 6) is 0.175. The van der Waals surface area contributed by atoms with Crippen LogP contribution in [0.25, 0.3) is 0 Å². The minimum absolute atomic E-state index is 0.175. The molecule has 20 heavy (non-hydrogen) atoms. The number of carbonyl (C=O) groups excluding carboxylic acids is 1. The SMILES string of the molecule is Cc1cc(C)n(C2CCCN(C(=O)C3CCCO3)C2)n1. The summed E-state index contributed by atoms with van der Waals surface area (Å²) < 4.78 is 7.61. The highest BCUT2D eigenvalue weighted by Gasteiger charge is 2.32. The zero-order valence-corrected chi connectivity index (χ0v) is 12.3. The van der Waals surface area contributed by atoms with Crippen LogP contribution in [0.3, 0.4) is 0 Å². The third kappa shape index (κ3) is 2.59. The highest BCUT2D eigenvalue weighted by Crippen LogP contribution is 2.25. The average molecular weight is 277 g/mol. The largest absolute Gasteiger partial charge is 0.368 e. The maximum atomic E-state index is 12.4. The number of rotatable bonds is 2. The lowest BCUT2D eigenvalue weighted by atomic mass is 10.0. The third-order valence-corrected chi connectivity index (χ3v) is 4.30. The van der Waals surface area contributed by atoms with Gasteiger partial charge in [0.2, 0.25) is 0 Å². The van der Waals surface area contributed by atoms with E-state index in [0.29, 0.717) is 6.04 Å². The molecule has 3 heterocycles. The lowest BCUT2D eigenvalue weighted by Gasteiger charge is -2.34. The molecule has 1 aromatic heterocycles. The first-order valence-corrected chi connectivity index (χ1v) is 7.58. The minimum atomic E-state index is -0.200. The van der Waals surface area contributed by atoms with Crippen LogP contribution in [0.4, 0.5) is 0 Å². The maximum Gasteiger partial charge on any atom is 0.251 e. The molecule has 1 aromatic rings. The van der Waals surface area contributed by atoms with Crippen molar-refractivity contribution in [3.63, 3.8) is 0 Å². The number of aryl methyl sites for hydroxylation is 2. The molecule has 2 atom stereocenters. The Hall–Kier alpha value is -1.36. The number of piperidine rings is 1. The van der Waals surface area contributed by atoms with Crippen LogP contribution in [-0.4, -0.2) is 46.4 Å². The summed E-state index contributed by atoms with van der Waals surface area (Å²) in [6.07, 6.45) is 3.82. The van der Waals surface area contributed by atoms with Crippen molar-refractivity contribution in [1.29, 1.82) is 0 Å². The molecule has 1 amide bonds. The van der Waals surface area contributed by atoms with Crippen molar-refractivity contribution in [2.24, 2.45) is 0 Å².